The first kappa shape index (κ1) is 11.0. The SMILES string of the molecule is O=C/C=C/c1ccc(OCC(=O)[O-])cc1. The van der Waals surface area contributed by atoms with E-state index in [4.69, 9.17) is 4.74 Å². The Kier molecular flexibility index (Phi) is 4.09. The molecule has 1 aromatic rings. The highest BCUT2D eigenvalue weighted by molar-refractivity contribution is 5.73. The largest absolute Gasteiger partial charge is 0.546 e. The van der Waals surface area contributed by atoms with Crippen LogP contribution >= 0.6 is 0 Å². The van der Waals surface area contributed by atoms with Crippen LogP contribution in [0.25, 0.3) is 6.08 Å². The van der Waals surface area contributed by atoms with Crippen LogP contribution in [0.2, 0.25) is 0 Å². The van der Waals surface area contributed by atoms with Crippen molar-refractivity contribution in [2.24, 2.45) is 0 Å². The molecule has 0 amide bonds. The van der Waals surface area contributed by atoms with Crippen molar-refractivity contribution in [3.63, 3.8) is 0 Å². The van der Waals surface area contributed by atoms with Gasteiger partial charge in [-0.1, -0.05) is 18.2 Å². The van der Waals surface area contributed by atoms with Crippen LogP contribution < -0.4 is 9.84 Å². The monoisotopic (exact) mass is 205 g/mol. The van der Waals surface area contributed by atoms with E-state index in [0.29, 0.717) is 12.0 Å². The van der Waals surface area contributed by atoms with Gasteiger partial charge in [-0.15, -0.1) is 0 Å². The van der Waals surface area contributed by atoms with Crippen LogP contribution in [0.3, 0.4) is 0 Å². The van der Waals surface area contributed by atoms with Gasteiger partial charge in [-0.2, -0.15) is 0 Å². The van der Waals surface area contributed by atoms with Crippen molar-refractivity contribution in [1.29, 1.82) is 0 Å². The molecular weight excluding hydrogens is 196 g/mol. The molecule has 0 fully saturated rings. The van der Waals surface area contributed by atoms with E-state index in [1.54, 1.807) is 30.3 Å². The minimum absolute atomic E-state index is 0.447. The number of aldehydes is 1. The van der Waals surface area contributed by atoms with Crippen molar-refractivity contribution in [3.05, 3.63) is 35.9 Å². The number of hydrogen-bond acceptors (Lipinski definition) is 4. The van der Waals surface area contributed by atoms with E-state index < -0.39 is 12.6 Å². The second kappa shape index (κ2) is 5.59. The maximum Gasteiger partial charge on any atom is 0.142 e. The van der Waals surface area contributed by atoms with Crippen molar-refractivity contribution in [3.8, 4) is 5.75 Å². The fraction of sp³-hybridized carbons (Fsp3) is 0.0909. The van der Waals surface area contributed by atoms with Gasteiger partial charge in [-0.3, -0.25) is 4.79 Å². The van der Waals surface area contributed by atoms with Crippen molar-refractivity contribution in [1.82, 2.24) is 0 Å². The molecule has 0 aliphatic heterocycles. The number of carboxylic acid groups (broad SMARTS) is 1. The predicted octanol–water partition coefficient (Wildman–Crippen LogP) is 0.0274. The molecule has 0 heterocycles. The smallest absolute Gasteiger partial charge is 0.142 e. The first-order chi connectivity index (χ1) is 7.22. The second-order valence-electron chi connectivity index (χ2n) is 2.72. The number of carbonyl (C=O) groups is 2. The zero-order valence-corrected chi connectivity index (χ0v) is 7.88. The Morgan fingerprint density at radius 2 is 2.00 bits per heavy atom. The molecule has 15 heavy (non-hydrogen) atoms. The van der Waals surface area contributed by atoms with Crippen molar-refractivity contribution >= 4 is 18.3 Å². The fourth-order valence-electron chi connectivity index (χ4n) is 0.968. The van der Waals surface area contributed by atoms with Gasteiger partial charge < -0.3 is 14.6 Å². The number of benzene rings is 1. The van der Waals surface area contributed by atoms with E-state index in [1.165, 1.54) is 6.08 Å². The Balaban J connectivity index is 2.59. The number of rotatable bonds is 5. The van der Waals surface area contributed by atoms with Gasteiger partial charge >= 0.3 is 0 Å². The van der Waals surface area contributed by atoms with Gasteiger partial charge in [0, 0.05) is 0 Å². The summed E-state index contributed by atoms with van der Waals surface area (Å²) in [6.07, 6.45) is 3.69. The molecule has 1 aromatic carbocycles. The summed E-state index contributed by atoms with van der Waals surface area (Å²) in [7, 11) is 0. The Morgan fingerprint density at radius 1 is 1.33 bits per heavy atom. The van der Waals surface area contributed by atoms with Gasteiger partial charge in [0.15, 0.2) is 0 Å². The molecule has 4 nitrogen and oxygen atoms in total. The minimum Gasteiger partial charge on any atom is -0.546 e. The number of carboxylic acids is 1. The molecule has 0 aliphatic rings. The lowest BCUT2D eigenvalue weighted by atomic mass is 10.2. The number of allylic oxidation sites excluding steroid dienone is 1. The van der Waals surface area contributed by atoms with Crippen LogP contribution in [0.1, 0.15) is 5.56 Å². The van der Waals surface area contributed by atoms with Gasteiger partial charge in [0.05, 0.1) is 5.97 Å². The Labute approximate surface area is 86.8 Å². The molecule has 0 aliphatic carbocycles. The van der Waals surface area contributed by atoms with Gasteiger partial charge in [0.1, 0.15) is 18.6 Å². The van der Waals surface area contributed by atoms with Crippen LogP contribution in [-0.2, 0) is 9.59 Å². The van der Waals surface area contributed by atoms with Gasteiger partial charge in [0.2, 0.25) is 0 Å². The zero-order chi connectivity index (χ0) is 11.1. The average molecular weight is 205 g/mol. The molecule has 1 rings (SSSR count). The molecule has 0 unspecified atom stereocenters. The van der Waals surface area contributed by atoms with Crippen LogP contribution in [0, 0.1) is 0 Å². The highest BCUT2D eigenvalue weighted by Gasteiger charge is 1.93. The molecule has 0 N–H and O–H groups in total. The van der Waals surface area contributed by atoms with E-state index >= 15 is 0 Å². The summed E-state index contributed by atoms with van der Waals surface area (Å²) >= 11 is 0. The summed E-state index contributed by atoms with van der Waals surface area (Å²) in [6, 6.07) is 6.66. The van der Waals surface area contributed by atoms with Gasteiger partial charge in [-0.05, 0) is 23.8 Å². The Bertz CT molecular complexity index is 365. The summed E-state index contributed by atoms with van der Waals surface area (Å²) < 4.78 is 4.87. The van der Waals surface area contributed by atoms with Gasteiger partial charge in [0.25, 0.3) is 0 Å². The predicted molar refractivity (Wildman–Crippen MR) is 52.0 cm³/mol. The molecule has 4 heteroatoms. The molecular formula is C11H9O4-. The normalized spacial score (nSPS) is 10.1. The third kappa shape index (κ3) is 4.08. The van der Waals surface area contributed by atoms with E-state index in [0.717, 1.165) is 5.56 Å². The summed E-state index contributed by atoms with van der Waals surface area (Å²) in [6.45, 7) is -0.469. The first-order valence-electron chi connectivity index (χ1n) is 4.27. The summed E-state index contributed by atoms with van der Waals surface area (Å²) in [4.78, 5) is 20.1. The highest BCUT2D eigenvalue weighted by Crippen LogP contribution is 2.12. The molecule has 0 saturated carbocycles. The first-order valence-corrected chi connectivity index (χ1v) is 4.27. The third-order valence-electron chi connectivity index (χ3n) is 1.60. The lowest BCUT2D eigenvalue weighted by molar-refractivity contribution is -0.307. The number of aliphatic carboxylic acids is 1. The maximum atomic E-state index is 10.1. The molecule has 0 radical (unpaired) electrons. The summed E-state index contributed by atoms with van der Waals surface area (Å²) in [5, 5.41) is 10.1. The lowest BCUT2D eigenvalue weighted by Gasteiger charge is -2.06. The summed E-state index contributed by atoms with van der Waals surface area (Å²) in [5.41, 5.74) is 0.836. The van der Waals surface area contributed by atoms with Gasteiger partial charge in [-0.25, -0.2) is 0 Å². The average Bonchev–Trinajstić information content (AvgIpc) is 2.25. The van der Waals surface area contributed by atoms with Crippen molar-refractivity contribution < 1.29 is 19.4 Å². The Hall–Kier alpha value is -2.10. The van der Waals surface area contributed by atoms with Crippen LogP contribution in [-0.4, -0.2) is 18.9 Å². The van der Waals surface area contributed by atoms with Crippen LogP contribution in [0.4, 0.5) is 0 Å². The molecule has 0 atom stereocenters. The topological polar surface area (TPSA) is 66.4 Å². The quantitative estimate of drug-likeness (QED) is 0.502. The van der Waals surface area contributed by atoms with E-state index in [2.05, 4.69) is 0 Å². The maximum absolute atomic E-state index is 10.1. The van der Waals surface area contributed by atoms with Crippen molar-refractivity contribution in [2.75, 3.05) is 6.61 Å². The van der Waals surface area contributed by atoms with Crippen molar-refractivity contribution in [2.45, 2.75) is 0 Å². The fourth-order valence-corrected chi connectivity index (χ4v) is 0.968. The molecule has 0 saturated heterocycles. The van der Waals surface area contributed by atoms with Crippen LogP contribution in [0.5, 0.6) is 5.75 Å². The molecule has 0 spiro atoms. The number of carbonyl (C=O) groups excluding carboxylic acids is 2. The van der Waals surface area contributed by atoms with E-state index in [-0.39, 0.29) is 0 Å². The zero-order valence-electron chi connectivity index (χ0n) is 7.88. The second-order valence-corrected chi connectivity index (χ2v) is 2.72. The van der Waals surface area contributed by atoms with E-state index in [9.17, 15) is 14.7 Å². The minimum atomic E-state index is -1.26. The number of hydrogen-bond donors (Lipinski definition) is 0. The standard InChI is InChI=1S/C11H10O4/c12-7-1-2-9-3-5-10(6-4-9)15-8-11(13)14/h1-7H,8H2,(H,13,14)/p-1/b2-1+. The molecule has 78 valence electrons. The lowest BCUT2D eigenvalue weighted by Crippen LogP contribution is -2.28. The molecule has 0 aromatic heterocycles. The van der Waals surface area contributed by atoms with E-state index in [1.807, 2.05) is 0 Å². The third-order valence-corrected chi connectivity index (χ3v) is 1.60. The van der Waals surface area contributed by atoms with Crippen LogP contribution in [0.15, 0.2) is 30.3 Å². The molecule has 0 bridgehead atoms. The Morgan fingerprint density at radius 3 is 2.53 bits per heavy atom. The summed E-state index contributed by atoms with van der Waals surface area (Å²) in [5.74, 6) is -0.817. The highest BCUT2D eigenvalue weighted by atomic mass is 16.5. The number of ether oxygens (including phenoxy) is 1.